The zero-order valence-corrected chi connectivity index (χ0v) is 4.70. The summed E-state index contributed by atoms with van der Waals surface area (Å²) in [6, 6.07) is 0. The Bertz CT molecular complexity index is 171. The van der Waals surface area contributed by atoms with E-state index < -0.39 is 0 Å². The monoisotopic (exact) mass is 124 g/mol. The van der Waals surface area contributed by atoms with Crippen molar-refractivity contribution in [2.24, 2.45) is 5.64 Å². The first kappa shape index (κ1) is 6.03. The van der Waals surface area contributed by atoms with E-state index in [-0.39, 0.29) is 19.4 Å². The SMILES string of the molecule is NBN1C(=O)C=CC1=O. The van der Waals surface area contributed by atoms with Gasteiger partial charge in [0.2, 0.25) is 11.8 Å². The molecule has 1 heterocycles. The number of hydrogen-bond donors (Lipinski definition) is 1. The molecular formula is C4H5BN2O2. The Labute approximate surface area is 52.6 Å². The first-order valence-corrected chi connectivity index (χ1v) is 2.49. The Morgan fingerprint density at radius 2 is 1.78 bits per heavy atom. The molecule has 5 heteroatoms. The van der Waals surface area contributed by atoms with E-state index in [1.807, 2.05) is 0 Å². The van der Waals surface area contributed by atoms with Gasteiger partial charge in [0, 0.05) is 12.2 Å². The molecule has 2 N–H and O–H groups in total. The van der Waals surface area contributed by atoms with Crippen LogP contribution in [0.2, 0.25) is 0 Å². The highest BCUT2D eigenvalue weighted by Crippen LogP contribution is 1.98. The van der Waals surface area contributed by atoms with Gasteiger partial charge in [-0.25, -0.2) is 0 Å². The van der Waals surface area contributed by atoms with Crippen LogP contribution in [0.1, 0.15) is 0 Å². The van der Waals surface area contributed by atoms with Gasteiger partial charge < -0.3 is 10.5 Å². The molecule has 0 saturated carbocycles. The number of carbonyl (C=O) groups is 2. The van der Waals surface area contributed by atoms with Crippen molar-refractivity contribution in [1.29, 1.82) is 0 Å². The van der Waals surface area contributed by atoms with Crippen LogP contribution in [-0.2, 0) is 9.59 Å². The van der Waals surface area contributed by atoms with Crippen LogP contribution in [0.4, 0.5) is 0 Å². The van der Waals surface area contributed by atoms with Crippen LogP contribution in [0.3, 0.4) is 0 Å². The third-order valence-corrected chi connectivity index (χ3v) is 1.08. The van der Waals surface area contributed by atoms with Crippen molar-refractivity contribution in [2.75, 3.05) is 0 Å². The highest BCUT2D eigenvalue weighted by atomic mass is 16.2. The lowest BCUT2D eigenvalue weighted by Gasteiger charge is -2.06. The minimum atomic E-state index is -0.331. The van der Waals surface area contributed by atoms with E-state index in [1.54, 1.807) is 0 Å². The quantitative estimate of drug-likeness (QED) is 0.329. The molecule has 0 aliphatic carbocycles. The third kappa shape index (κ3) is 0.859. The molecule has 1 aliphatic rings. The van der Waals surface area contributed by atoms with Crippen molar-refractivity contribution in [3.05, 3.63) is 12.2 Å². The van der Waals surface area contributed by atoms with E-state index in [0.29, 0.717) is 0 Å². The smallest absolute Gasteiger partial charge is 0.330 e. The standard InChI is InChI=1S/C4H5BN2O2/c6-5-7-3(8)1-2-4(7)9/h1-2,5H,6H2. The second-order valence-electron chi connectivity index (χ2n) is 1.62. The van der Waals surface area contributed by atoms with Gasteiger partial charge in [-0.15, -0.1) is 0 Å². The molecule has 0 radical (unpaired) electrons. The Morgan fingerprint density at radius 1 is 1.33 bits per heavy atom. The highest BCUT2D eigenvalue weighted by Gasteiger charge is 2.21. The normalized spacial score (nSPS) is 17.2. The molecular weight excluding hydrogens is 119 g/mol. The third-order valence-electron chi connectivity index (χ3n) is 1.08. The number of imide groups is 1. The summed E-state index contributed by atoms with van der Waals surface area (Å²) in [5, 5.41) is 0. The maximum absolute atomic E-state index is 10.6. The molecule has 0 atom stereocenters. The van der Waals surface area contributed by atoms with E-state index in [1.165, 1.54) is 12.2 Å². The van der Waals surface area contributed by atoms with Crippen LogP contribution < -0.4 is 5.64 Å². The fraction of sp³-hybridized carbons (Fsp3) is 0. The molecule has 0 aromatic heterocycles. The zero-order valence-electron chi connectivity index (χ0n) is 4.70. The summed E-state index contributed by atoms with van der Waals surface area (Å²) in [7, 11) is -0.0370. The van der Waals surface area contributed by atoms with E-state index in [9.17, 15) is 9.59 Å². The molecule has 4 nitrogen and oxygen atoms in total. The molecule has 46 valence electrons. The number of carbonyl (C=O) groups excluding carboxylic acids is 2. The minimum absolute atomic E-state index is 0.0370. The molecule has 0 aromatic carbocycles. The highest BCUT2D eigenvalue weighted by molar-refractivity contribution is 6.43. The largest absolute Gasteiger partial charge is 0.353 e. The van der Waals surface area contributed by atoms with Crippen molar-refractivity contribution in [3.8, 4) is 0 Å². The fourth-order valence-electron chi connectivity index (χ4n) is 0.611. The summed E-state index contributed by atoms with van der Waals surface area (Å²) >= 11 is 0. The summed E-state index contributed by atoms with van der Waals surface area (Å²) in [4.78, 5) is 22.1. The van der Waals surface area contributed by atoms with Gasteiger partial charge in [-0.05, 0) is 0 Å². The summed E-state index contributed by atoms with van der Waals surface area (Å²) < 4.78 is 0. The van der Waals surface area contributed by atoms with E-state index >= 15 is 0 Å². The molecule has 0 spiro atoms. The summed E-state index contributed by atoms with van der Waals surface area (Å²) in [6.07, 6.45) is 2.41. The molecule has 0 fully saturated rings. The number of hydrogen-bond acceptors (Lipinski definition) is 3. The van der Waals surface area contributed by atoms with E-state index in [2.05, 4.69) is 0 Å². The Hall–Kier alpha value is -1.10. The molecule has 0 bridgehead atoms. The maximum atomic E-state index is 10.6. The van der Waals surface area contributed by atoms with Crippen LogP contribution in [0.5, 0.6) is 0 Å². The Kier molecular flexibility index (Phi) is 1.36. The Balaban J connectivity index is 2.75. The van der Waals surface area contributed by atoms with Crippen molar-refractivity contribution >= 4 is 19.4 Å². The number of nitrogens with two attached hydrogens (primary N) is 1. The van der Waals surface area contributed by atoms with Crippen LogP contribution in [-0.4, -0.2) is 24.2 Å². The fourth-order valence-corrected chi connectivity index (χ4v) is 0.611. The van der Waals surface area contributed by atoms with E-state index in [4.69, 9.17) is 5.64 Å². The van der Waals surface area contributed by atoms with Crippen molar-refractivity contribution in [1.82, 2.24) is 4.81 Å². The average molecular weight is 124 g/mol. The molecule has 1 aliphatic heterocycles. The predicted octanol–water partition coefficient (Wildman–Crippen LogP) is -1.86. The van der Waals surface area contributed by atoms with Gasteiger partial charge in [0.05, 0.1) is 0 Å². The van der Waals surface area contributed by atoms with Crippen LogP contribution in [0, 0.1) is 0 Å². The molecule has 2 amide bonds. The van der Waals surface area contributed by atoms with Crippen molar-refractivity contribution in [2.45, 2.75) is 0 Å². The van der Waals surface area contributed by atoms with Crippen LogP contribution in [0.15, 0.2) is 12.2 Å². The zero-order chi connectivity index (χ0) is 6.85. The molecule has 0 aromatic rings. The van der Waals surface area contributed by atoms with Gasteiger partial charge >= 0.3 is 7.55 Å². The van der Waals surface area contributed by atoms with Gasteiger partial charge in [0.1, 0.15) is 0 Å². The van der Waals surface area contributed by atoms with Gasteiger partial charge in [-0.3, -0.25) is 9.59 Å². The van der Waals surface area contributed by atoms with Gasteiger partial charge in [0.25, 0.3) is 0 Å². The lowest BCUT2D eigenvalue weighted by Crippen LogP contribution is -2.38. The summed E-state index contributed by atoms with van der Waals surface area (Å²) in [6.45, 7) is 0. The van der Waals surface area contributed by atoms with Gasteiger partial charge in [0.15, 0.2) is 0 Å². The Morgan fingerprint density at radius 3 is 2.00 bits per heavy atom. The molecule has 0 unspecified atom stereocenters. The molecule has 0 saturated heterocycles. The summed E-state index contributed by atoms with van der Waals surface area (Å²) in [5.74, 6) is -0.662. The van der Waals surface area contributed by atoms with Crippen LogP contribution >= 0.6 is 0 Å². The van der Waals surface area contributed by atoms with Crippen molar-refractivity contribution < 1.29 is 9.59 Å². The average Bonchev–Trinajstić information content (AvgIpc) is 2.12. The molecule has 9 heavy (non-hydrogen) atoms. The number of nitrogens with zero attached hydrogens (tertiary/aromatic N) is 1. The van der Waals surface area contributed by atoms with Gasteiger partial charge in [-0.1, -0.05) is 0 Å². The first-order chi connectivity index (χ1) is 4.25. The lowest BCUT2D eigenvalue weighted by atomic mass is 10.1. The number of amides is 2. The number of rotatable bonds is 1. The maximum Gasteiger partial charge on any atom is 0.330 e. The molecule has 1 rings (SSSR count). The minimum Gasteiger partial charge on any atom is -0.353 e. The topological polar surface area (TPSA) is 63.4 Å². The lowest BCUT2D eigenvalue weighted by molar-refractivity contribution is -0.131. The van der Waals surface area contributed by atoms with Gasteiger partial charge in [-0.2, -0.15) is 0 Å². The first-order valence-electron chi connectivity index (χ1n) is 2.49. The van der Waals surface area contributed by atoms with E-state index in [0.717, 1.165) is 4.81 Å². The predicted molar refractivity (Wildman–Crippen MR) is 32.3 cm³/mol. The van der Waals surface area contributed by atoms with Crippen LogP contribution in [0.25, 0.3) is 0 Å². The van der Waals surface area contributed by atoms with Crippen molar-refractivity contribution in [3.63, 3.8) is 0 Å². The second-order valence-corrected chi connectivity index (χ2v) is 1.62. The summed E-state index contributed by atoms with van der Waals surface area (Å²) in [5.41, 5.74) is 5.06. The second kappa shape index (κ2) is 2.02.